The number of carbonyl (C=O) groups excluding carboxylic acids is 2. The second-order valence-corrected chi connectivity index (χ2v) is 8.55. The highest BCUT2D eigenvalue weighted by molar-refractivity contribution is 8.00. The number of aromatic nitrogens is 2. The van der Waals surface area contributed by atoms with E-state index in [0.29, 0.717) is 29.7 Å². The van der Waals surface area contributed by atoms with E-state index in [-0.39, 0.29) is 22.7 Å². The van der Waals surface area contributed by atoms with Gasteiger partial charge in [-0.3, -0.25) is 19.2 Å². The van der Waals surface area contributed by atoms with E-state index in [1.165, 1.54) is 6.07 Å². The molecule has 30 heavy (non-hydrogen) atoms. The van der Waals surface area contributed by atoms with E-state index < -0.39 is 5.91 Å². The topological polar surface area (TPSA) is 93.2 Å². The van der Waals surface area contributed by atoms with E-state index in [1.54, 1.807) is 53.8 Å². The number of nitrogens with two attached hydrogens (primary N) is 1. The highest BCUT2D eigenvalue weighted by Gasteiger charge is 2.27. The molecule has 0 aliphatic carbocycles. The van der Waals surface area contributed by atoms with Crippen molar-refractivity contribution in [2.75, 3.05) is 24.2 Å². The first kappa shape index (κ1) is 20.4. The molecule has 2 aromatic carbocycles. The fourth-order valence-corrected chi connectivity index (χ4v) is 4.80. The number of amides is 2. The Morgan fingerprint density at radius 1 is 1.30 bits per heavy atom. The Balaban J connectivity index is 1.46. The minimum atomic E-state index is -0.615. The van der Waals surface area contributed by atoms with E-state index in [0.717, 1.165) is 17.8 Å². The van der Waals surface area contributed by atoms with Crippen LogP contribution < -0.4 is 11.1 Å². The first-order chi connectivity index (χ1) is 14.4. The number of hydrogen-bond donors (Lipinski definition) is 2. The smallest absolute Gasteiger partial charge is 0.269 e. The molecule has 0 bridgehead atoms. The molecular formula is C21H22FN5O2S. The van der Waals surface area contributed by atoms with Crippen LogP contribution in [0.25, 0.3) is 10.9 Å². The lowest BCUT2D eigenvalue weighted by atomic mass is 10.1. The summed E-state index contributed by atoms with van der Waals surface area (Å²) >= 11 is 1.59. The first-order valence-corrected chi connectivity index (χ1v) is 10.6. The van der Waals surface area contributed by atoms with Gasteiger partial charge in [0.2, 0.25) is 5.91 Å². The number of nitrogens with one attached hydrogen (secondary N) is 1. The Morgan fingerprint density at radius 2 is 2.10 bits per heavy atom. The van der Waals surface area contributed by atoms with Gasteiger partial charge in [0.05, 0.1) is 10.8 Å². The number of hydrogen-bond acceptors (Lipinski definition) is 5. The summed E-state index contributed by atoms with van der Waals surface area (Å²) in [7, 11) is 1.73. The number of carbonyl (C=O) groups is 2. The maximum atomic E-state index is 14.0. The van der Waals surface area contributed by atoms with Gasteiger partial charge in [0.1, 0.15) is 5.82 Å². The van der Waals surface area contributed by atoms with Gasteiger partial charge >= 0.3 is 0 Å². The minimum absolute atomic E-state index is 0.123. The van der Waals surface area contributed by atoms with Gasteiger partial charge in [-0.25, -0.2) is 4.39 Å². The molecule has 1 aliphatic rings. The lowest BCUT2D eigenvalue weighted by molar-refractivity contribution is -0.116. The number of aryl methyl sites for hydroxylation is 1. The number of benzene rings is 2. The van der Waals surface area contributed by atoms with Crippen LogP contribution in [0.15, 0.2) is 42.5 Å². The molecule has 0 saturated carbocycles. The average Bonchev–Trinajstić information content (AvgIpc) is 3.06. The quantitative estimate of drug-likeness (QED) is 0.652. The van der Waals surface area contributed by atoms with Crippen LogP contribution in [0.1, 0.15) is 16.1 Å². The number of thioether (sulfide) groups is 1. The van der Waals surface area contributed by atoms with Crippen molar-refractivity contribution in [2.24, 2.45) is 12.8 Å². The molecular weight excluding hydrogens is 405 g/mol. The minimum Gasteiger partial charge on any atom is -0.364 e. The number of fused-ring (bicyclic) bond motifs is 1. The third kappa shape index (κ3) is 4.17. The SMILES string of the molecule is Cn1nc(C(N)=O)c2cc(NC(=O)C3CN(Cc4ccccc4F)CCS3)ccc21. The van der Waals surface area contributed by atoms with Gasteiger partial charge in [-0.05, 0) is 24.3 Å². The van der Waals surface area contributed by atoms with Crippen LogP contribution in [0.2, 0.25) is 0 Å². The standard InChI is InChI=1S/C21H22FN5O2S/c1-26-17-7-6-14(10-15(17)19(25-26)20(23)28)24-21(29)18-12-27(8-9-30-18)11-13-4-2-3-5-16(13)22/h2-7,10,18H,8-9,11-12H2,1H3,(H2,23,28)(H,24,29). The van der Waals surface area contributed by atoms with E-state index in [4.69, 9.17) is 5.73 Å². The van der Waals surface area contributed by atoms with Crippen molar-refractivity contribution in [2.45, 2.75) is 11.8 Å². The van der Waals surface area contributed by atoms with Gasteiger partial charge in [-0.2, -0.15) is 5.10 Å². The van der Waals surface area contributed by atoms with Crippen molar-refractivity contribution in [3.63, 3.8) is 0 Å². The zero-order valence-corrected chi connectivity index (χ0v) is 17.3. The lowest BCUT2D eigenvalue weighted by Crippen LogP contribution is -2.43. The molecule has 1 saturated heterocycles. The van der Waals surface area contributed by atoms with Crippen LogP contribution in [0, 0.1) is 5.82 Å². The predicted octanol–water partition coefficient (Wildman–Crippen LogP) is 2.37. The molecule has 0 radical (unpaired) electrons. The van der Waals surface area contributed by atoms with Gasteiger partial charge in [0.25, 0.3) is 5.91 Å². The second-order valence-electron chi connectivity index (χ2n) is 7.24. The molecule has 1 aromatic heterocycles. The van der Waals surface area contributed by atoms with Crippen LogP contribution in [0.3, 0.4) is 0 Å². The molecule has 7 nitrogen and oxygen atoms in total. The Labute approximate surface area is 177 Å². The summed E-state index contributed by atoms with van der Waals surface area (Å²) < 4.78 is 15.5. The normalized spacial score (nSPS) is 17.2. The molecule has 3 N–H and O–H groups in total. The van der Waals surface area contributed by atoms with Gasteiger partial charge in [0.15, 0.2) is 5.69 Å². The third-order valence-corrected chi connectivity index (χ3v) is 6.33. The van der Waals surface area contributed by atoms with Gasteiger partial charge in [0, 0.05) is 49.1 Å². The van der Waals surface area contributed by atoms with Gasteiger partial charge in [-0.15, -0.1) is 11.8 Å². The molecule has 1 atom stereocenters. The highest BCUT2D eigenvalue weighted by Crippen LogP contribution is 2.25. The molecule has 3 aromatic rings. The zero-order valence-electron chi connectivity index (χ0n) is 16.5. The van der Waals surface area contributed by atoms with Crippen LogP contribution in [-0.2, 0) is 18.4 Å². The molecule has 4 rings (SSSR count). The van der Waals surface area contributed by atoms with Gasteiger partial charge < -0.3 is 11.1 Å². The summed E-state index contributed by atoms with van der Waals surface area (Å²) in [5.41, 5.74) is 7.55. The molecule has 1 aliphatic heterocycles. The van der Waals surface area contributed by atoms with Crippen LogP contribution in [-0.4, -0.2) is 50.6 Å². The Hall–Kier alpha value is -2.91. The Morgan fingerprint density at radius 3 is 2.87 bits per heavy atom. The largest absolute Gasteiger partial charge is 0.364 e. The number of nitrogens with zero attached hydrogens (tertiary/aromatic N) is 3. The van der Waals surface area contributed by atoms with Crippen molar-refractivity contribution in [3.05, 3.63) is 59.5 Å². The molecule has 2 amide bonds. The maximum absolute atomic E-state index is 14.0. The fraction of sp³-hybridized carbons (Fsp3) is 0.286. The molecule has 0 spiro atoms. The van der Waals surface area contributed by atoms with Crippen molar-refractivity contribution in [1.29, 1.82) is 0 Å². The average molecular weight is 428 g/mol. The van der Waals surface area contributed by atoms with E-state index in [9.17, 15) is 14.0 Å². The fourth-order valence-electron chi connectivity index (χ4n) is 3.62. The highest BCUT2D eigenvalue weighted by atomic mass is 32.2. The molecule has 1 unspecified atom stereocenters. The Kier molecular flexibility index (Phi) is 5.74. The number of anilines is 1. The molecule has 1 fully saturated rings. The van der Waals surface area contributed by atoms with Crippen LogP contribution >= 0.6 is 11.8 Å². The summed E-state index contributed by atoms with van der Waals surface area (Å²) in [4.78, 5) is 26.6. The summed E-state index contributed by atoms with van der Waals surface area (Å²) in [6.45, 7) is 1.81. The first-order valence-electron chi connectivity index (χ1n) is 9.57. The molecule has 9 heteroatoms. The zero-order chi connectivity index (χ0) is 21.3. The third-order valence-electron chi connectivity index (χ3n) is 5.15. The van der Waals surface area contributed by atoms with E-state index in [1.807, 2.05) is 6.07 Å². The van der Waals surface area contributed by atoms with Crippen molar-refractivity contribution in [3.8, 4) is 0 Å². The lowest BCUT2D eigenvalue weighted by Gasteiger charge is -2.31. The molecule has 2 heterocycles. The summed E-state index contributed by atoms with van der Waals surface area (Å²) in [6, 6.07) is 12.0. The van der Waals surface area contributed by atoms with Crippen LogP contribution in [0.5, 0.6) is 0 Å². The monoisotopic (exact) mass is 427 g/mol. The number of halogens is 1. The van der Waals surface area contributed by atoms with Gasteiger partial charge in [-0.1, -0.05) is 18.2 Å². The summed E-state index contributed by atoms with van der Waals surface area (Å²) in [5, 5.41) is 7.39. The summed E-state index contributed by atoms with van der Waals surface area (Å²) in [6.07, 6.45) is 0. The van der Waals surface area contributed by atoms with Crippen molar-refractivity contribution >= 4 is 40.2 Å². The number of rotatable bonds is 5. The summed E-state index contributed by atoms with van der Waals surface area (Å²) in [5.74, 6) is -0.176. The van der Waals surface area contributed by atoms with Crippen molar-refractivity contribution in [1.82, 2.24) is 14.7 Å². The van der Waals surface area contributed by atoms with Crippen molar-refractivity contribution < 1.29 is 14.0 Å². The number of primary amides is 1. The second kappa shape index (κ2) is 8.45. The van der Waals surface area contributed by atoms with Crippen LogP contribution in [0.4, 0.5) is 10.1 Å². The maximum Gasteiger partial charge on any atom is 0.269 e. The predicted molar refractivity (Wildman–Crippen MR) is 116 cm³/mol. The molecule has 156 valence electrons. The van der Waals surface area contributed by atoms with E-state index in [2.05, 4.69) is 15.3 Å². The Bertz CT molecular complexity index is 1120. The van der Waals surface area contributed by atoms with E-state index >= 15 is 0 Å².